The molecule has 5 nitrogen and oxygen atoms in total. The number of amides is 3. The summed E-state index contributed by atoms with van der Waals surface area (Å²) in [5.74, 6) is -0.907. The minimum atomic E-state index is -0.797. The maximum atomic E-state index is 13.0. The number of hydrogen-bond donors (Lipinski definition) is 3. The topological polar surface area (TPSA) is 84.2 Å². The van der Waals surface area contributed by atoms with Gasteiger partial charge >= 0.3 is 6.03 Å². The molecule has 0 atom stereocenters. The average molecular weight is 211 g/mol. The number of halogens is 1. The fourth-order valence-corrected chi connectivity index (χ4v) is 1.08. The minimum Gasteiger partial charge on any atom is -0.351 e. The Bertz CT molecular complexity index is 372. The molecule has 0 fully saturated rings. The van der Waals surface area contributed by atoms with Gasteiger partial charge in [-0.05, 0) is 18.2 Å². The zero-order valence-electron chi connectivity index (χ0n) is 8.00. The summed E-state index contributed by atoms with van der Waals surface area (Å²) in [6, 6.07) is 2.83. The SMILES string of the molecule is CC(=O)Nc1cc(F)cc(NC(N)=O)c1. The van der Waals surface area contributed by atoms with E-state index in [1.54, 1.807) is 0 Å². The fourth-order valence-electron chi connectivity index (χ4n) is 1.08. The summed E-state index contributed by atoms with van der Waals surface area (Å²) in [5, 5.41) is 4.59. The molecule has 3 amide bonds. The summed E-state index contributed by atoms with van der Waals surface area (Å²) in [6.45, 7) is 1.30. The van der Waals surface area contributed by atoms with Crippen molar-refractivity contribution in [3.05, 3.63) is 24.0 Å². The molecule has 0 heterocycles. The molecule has 0 aliphatic rings. The number of primary amides is 1. The predicted octanol–water partition coefficient (Wildman–Crippen LogP) is 1.27. The van der Waals surface area contributed by atoms with Gasteiger partial charge in [0, 0.05) is 18.3 Å². The van der Waals surface area contributed by atoms with E-state index < -0.39 is 11.8 Å². The van der Waals surface area contributed by atoms with Crippen LogP contribution in [0.4, 0.5) is 20.6 Å². The van der Waals surface area contributed by atoms with Crippen molar-refractivity contribution in [3.8, 4) is 0 Å². The Morgan fingerprint density at radius 3 is 2.20 bits per heavy atom. The monoisotopic (exact) mass is 211 g/mol. The molecule has 1 aromatic rings. The zero-order valence-corrected chi connectivity index (χ0v) is 8.00. The molecule has 4 N–H and O–H groups in total. The highest BCUT2D eigenvalue weighted by Gasteiger charge is 2.03. The largest absolute Gasteiger partial charge is 0.351 e. The number of urea groups is 1. The van der Waals surface area contributed by atoms with Crippen LogP contribution in [-0.4, -0.2) is 11.9 Å². The highest BCUT2D eigenvalue weighted by molar-refractivity contribution is 5.91. The van der Waals surface area contributed by atoms with E-state index >= 15 is 0 Å². The number of nitrogens with two attached hydrogens (primary N) is 1. The zero-order chi connectivity index (χ0) is 11.4. The Morgan fingerprint density at radius 1 is 1.20 bits per heavy atom. The predicted molar refractivity (Wildman–Crippen MR) is 53.9 cm³/mol. The maximum Gasteiger partial charge on any atom is 0.316 e. The van der Waals surface area contributed by atoms with Crippen LogP contribution in [0, 0.1) is 5.82 Å². The van der Waals surface area contributed by atoms with Crippen LogP contribution < -0.4 is 16.4 Å². The van der Waals surface area contributed by atoms with Gasteiger partial charge in [-0.3, -0.25) is 4.79 Å². The second-order valence-corrected chi connectivity index (χ2v) is 2.90. The number of hydrogen-bond acceptors (Lipinski definition) is 2. The Balaban J connectivity index is 2.94. The number of rotatable bonds is 2. The molecule has 0 aliphatic heterocycles. The summed E-state index contributed by atoms with van der Waals surface area (Å²) >= 11 is 0. The summed E-state index contributed by atoms with van der Waals surface area (Å²) in [5.41, 5.74) is 5.31. The third kappa shape index (κ3) is 3.63. The molecule has 0 saturated carbocycles. The lowest BCUT2D eigenvalue weighted by atomic mass is 10.2. The van der Waals surface area contributed by atoms with Gasteiger partial charge in [0.05, 0.1) is 0 Å². The standard InChI is InChI=1S/C9H10FN3O2/c1-5(14)12-7-2-6(10)3-8(4-7)13-9(11)15/h2-4H,1H3,(H,12,14)(H3,11,13,15). The van der Waals surface area contributed by atoms with Crippen molar-refractivity contribution in [3.63, 3.8) is 0 Å². The van der Waals surface area contributed by atoms with Crippen LogP contribution in [0.2, 0.25) is 0 Å². The van der Waals surface area contributed by atoms with Crippen LogP contribution in [-0.2, 0) is 4.79 Å². The molecule has 1 aromatic carbocycles. The van der Waals surface area contributed by atoms with E-state index in [2.05, 4.69) is 10.6 Å². The van der Waals surface area contributed by atoms with Crippen molar-refractivity contribution in [2.24, 2.45) is 5.73 Å². The third-order valence-corrected chi connectivity index (χ3v) is 1.49. The van der Waals surface area contributed by atoms with Crippen molar-refractivity contribution in [1.82, 2.24) is 0 Å². The van der Waals surface area contributed by atoms with Crippen LogP contribution in [0.1, 0.15) is 6.92 Å². The van der Waals surface area contributed by atoms with Gasteiger partial charge in [-0.1, -0.05) is 0 Å². The van der Waals surface area contributed by atoms with Crippen LogP contribution in [0.3, 0.4) is 0 Å². The second-order valence-electron chi connectivity index (χ2n) is 2.90. The molecule has 15 heavy (non-hydrogen) atoms. The maximum absolute atomic E-state index is 13.0. The smallest absolute Gasteiger partial charge is 0.316 e. The van der Waals surface area contributed by atoms with Crippen LogP contribution in [0.15, 0.2) is 18.2 Å². The van der Waals surface area contributed by atoms with Crippen molar-refractivity contribution in [2.45, 2.75) is 6.92 Å². The summed E-state index contributed by atoms with van der Waals surface area (Å²) < 4.78 is 13.0. The number of anilines is 2. The van der Waals surface area contributed by atoms with E-state index in [-0.39, 0.29) is 17.3 Å². The normalized spacial score (nSPS) is 9.47. The van der Waals surface area contributed by atoms with Gasteiger partial charge in [-0.15, -0.1) is 0 Å². The molecule has 1 rings (SSSR count). The quantitative estimate of drug-likeness (QED) is 0.688. The average Bonchev–Trinajstić information content (AvgIpc) is 1.98. The molecule has 0 spiro atoms. The lowest BCUT2D eigenvalue weighted by Crippen LogP contribution is -2.19. The Labute approximate surface area is 85.5 Å². The molecule has 0 aromatic heterocycles. The lowest BCUT2D eigenvalue weighted by Gasteiger charge is -2.06. The van der Waals surface area contributed by atoms with E-state index in [0.717, 1.165) is 12.1 Å². The highest BCUT2D eigenvalue weighted by atomic mass is 19.1. The molecule has 0 bridgehead atoms. The number of benzene rings is 1. The minimum absolute atomic E-state index is 0.186. The Hall–Kier alpha value is -2.11. The first-order chi connectivity index (χ1) is 6.97. The van der Waals surface area contributed by atoms with Gasteiger partial charge in [-0.2, -0.15) is 0 Å². The van der Waals surface area contributed by atoms with Crippen LogP contribution in [0.5, 0.6) is 0 Å². The van der Waals surface area contributed by atoms with Gasteiger partial charge in [0.1, 0.15) is 5.82 Å². The molecule has 0 saturated heterocycles. The molecule has 0 unspecified atom stereocenters. The molecule has 6 heteroatoms. The Morgan fingerprint density at radius 2 is 1.73 bits per heavy atom. The van der Waals surface area contributed by atoms with E-state index in [1.807, 2.05) is 0 Å². The first kappa shape index (κ1) is 11.0. The lowest BCUT2D eigenvalue weighted by molar-refractivity contribution is -0.114. The van der Waals surface area contributed by atoms with Crippen molar-refractivity contribution >= 4 is 23.3 Å². The summed E-state index contributed by atoms with van der Waals surface area (Å²) in [6.07, 6.45) is 0. The van der Waals surface area contributed by atoms with E-state index in [4.69, 9.17) is 5.73 Å². The van der Waals surface area contributed by atoms with Crippen LogP contribution >= 0.6 is 0 Å². The number of nitrogens with one attached hydrogen (secondary N) is 2. The number of carbonyl (C=O) groups excluding carboxylic acids is 2. The summed E-state index contributed by atoms with van der Waals surface area (Å²) in [7, 11) is 0. The van der Waals surface area contributed by atoms with Crippen LogP contribution in [0.25, 0.3) is 0 Å². The van der Waals surface area contributed by atoms with E-state index in [1.165, 1.54) is 13.0 Å². The second kappa shape index (κ2) is 4.41. The highest BCUT2D eigenvalue weighted by Crippen LogP contribution is 2.17. The third-order valence-electron chi connectivity index (χ3n) is 1.49. The first-order valence-corrected chi connectivity index (χ1v) is 4.12. The van der Waals surface area contributed by atoms with Gasteiger partial charge in [-0.25, -0.2) is 9.18 Å². The number of carbonyl (C=O) groups is 2. The molecular formula is C9H10FN3O2. The Kier molecular flexibility index (Phi) is 3.22. The van der Waals surface area contributed by atoms with Gasteiger partial charge in [0.15, 0.2) is 0 Å². The van der Waals surface area contributed by atoms with E-state index in [0.29, 0.717) is 0 Å². The van der Waals surface area contributed by atoms with Gasteiger partial charge in [0.25, 0.3) is 0 Å². The van der Waals surface area contributed by atoms with E-state index in [9.17, 15) is 14.0 Å². The molecule has 0 aliphatic carbocycles. The summed E-state index contributed by atoms with van der Waals surface area (Å²) in [4.78, 5) is 21.2. The molecule has 80 valence electrons. The molecule has 0 radical (unpaired) electrons. The van der Waals surface area contributed by atoms with Crippen molar-refractivity contribution in [1.29, 1.82) is 0 Å². The van der Waals surface area contributed by atoms with Gasteiger partial charge < -0.3 is 16.4 Å². The van der Waals surface area contributed by atoms with Crippen molar-refractivity contribution in [2.75, 3.05) is 10.6 Å². The molecular weight excluding hydrogens is 201 g/mol. The fraction of sp³-hybridized carbons (Fsp3) is 0.111. The van der Waals surface area contributed by atoms with Crippen molar-refractivity contribution < 1.29 is 14.0 Å². The van der Waals surface area contributed by atoms with Gasteiger partial charge in [0.2, 0.25) is 5.91 Å². The first-order valence-electron chi connectivity index (χ1n) is 4.12.